The topological polar surface area (TPSA) is 61.8 Å². The monoisotopic (exact) mass is 340 g/mol. The van der Waals surface area contributed by atoms with Gasteiger partial charge < -0.3 is 20.1 Å². The van der Waals surface area contributed by atoms with Gasteiger partial charge in [-0.1, -0.05) is 6.07 Å². The number of piperidine rings is 1. The van der Waals surface area contributed by atoms with Gasteiger partial charge in [-0.05, 0) is 42.9 Å². The number of hydrogen-bond donors (Lipinski definition) is 2. The fraction of sp³-hybridized carbons (Fsp3) is 0.588. The third-order valence-corrected chi connectivity index (χ3v) is 4.83. The maximum absolute atomic E-state index is 13.4. The number of amides is 2. The molecule has 0 radical (unpaired) electrons. The lowest BCUT2D eigenvalue weighted by Gasteiger charge is -2.32. The quantitative estimate of drug-likeness (QED) is 0.887. The number of likely N-dealkylation sites (tertiary alicyclic amines) is 1. The molecule has 24 heavy (non-hydrogen) atoms. The molecule has 5 nitrogen and oxygen atoms in total. The van der Waals surface area contributed by atoms with Gasteiger partial charge in [0.05, 0.1) is 6.04 Å². The van der Waals surface area contributed by atoms with Crippen molar-refractivity contribution in [3.8, 4) is 0 Å². The van der Waals surface area contributed by atoms with Gasteiger partial charge in [-0.25, -0.2) is 13.6 Å². The molecular formula is C17H22F2N2O3. The summed E-state index contributed by atoms with van der Waals surface area (Å²) in [6.45, 7) is 1.84. The third-order valence-electron chi connectivity index (χ3n) is 4.83. The second kappa shape index (κ2) is 7.44. The number of aliphatic hydroxyl groups excluding tert-OH is 1. The maximum atomic E-state index is 13.4. The largest absolute Gasteiger partial charge is 0.396 e. The van der Waals surface area contributed by atoms with Crippen LogP contribution in [0.1, 0.15) is 30.9 Å². The number of rotatable bonds is 3. The van der Waals surface area contributed by atoms with Crippen LogP contribution in [0.2, 0.25) is 0 Å². The molecule has 0 bridgehead atoms. The Bertz CT molecular complexity index is 591. The number of nitrogens with zero attached hydrogens (tertiary/aromatic N) is 1. The second-order valence-electron chi connectivity index (χ2n) is 6.42. The van der Waals surface area contributed by atoms with E-state index in [1.807, 2.05) is 0 Å². The summed E-state index contributed by atoms with van der Waals surface area (Å²) >= 11 is 0. The smallest absolute Gasteiger partial charge is 0.317 e. The number of carbonyl (C=O) groups excluding carboxylic acids is 1. The number of ether oxygens (including phenoxy) is 1. The van der Waals surface area contributed by atoms with E-state index in [4.69, 9.17) is 9.84 Å². The molecule has 0 saturated carbocycles. The van der Waals surface area contributed by atoms with Crippen molar-refractivity contribution in [1.82, 2.24) is 10.2 Å². The lowest BCUT2D eigenvalue weighted by atomic mass is 9.98. The highest BCUT2D eigenvalue weighted by Crippen LogP contribution is 2.30. The highest BCUT2D eigenvalue weighted by atomic mass is 19.2. The van der Waals surface area contributed by atoms with Crippen LogP contribution >= 0.6 is 0 Å². The molecule has 0 aliphatic carbocycles. The van der Waals surface area contributed by atoms with E-state index in [1.165, 1.54) is 6.07 Å². The minimum atomic E-state index is -0.917. The summed E-state index contributed by atoms with van der Waals surface area (Å²) in [6, 6.07) is 3.25. The minimum absolute atomic E-state index is 0.157. The van der Waals surface area contributed by atoms with Crippen LogP contribution in [0, 0.1) is 17.6 Å². The van der Waals surface area contributed by atoms with E-state index in [0.717, 1.165) is 25.0 Å². The number of hydrogen-bond acceptors (Lipinski definition) is 3. The zero-order valence-corrected chi connectivity index (χ0v) is 13.4. The fourth-order valence-electron chi connectivity index (χ4n) is 3.32. The summed E-state index contributed by atoms with van der Waals surface area (Å²) in [6.07, 6.45) is 1.73. The zero-order valence-electron chi connectivity index (χ0n) is 13.4. The van der Waals surface area contributed by atoms with E-state index in [9.17, 15) is 13.6 Å². The van der Waals surface area contributed by atoms with Crippen LogP contribution in [0.5, 0.6) is 0 Å². The van der Waals surface area contributed by atoms with Gasteiger partial charge in [0.2, 0.25) is 0 Å². The molecule has 0 aromatic heterocycles. The first-order valence-corrected chi connectivity index (χ1v) is 8.31. The van der Waals surface area contributed by atoms with E-state index < -0.39 is 17.7 Å². The van der Waals surface area contributed by atoms with E-state index in [-0.39, 0.29) is 24.6 Å². The summed E-state index contributed by atoms with van der Waals surface area (Å²) in [5, 5.41) is 12.1. The van der Waals surface area contributed by atoms with Crippen molar-refractivity contribution in [2.75, 3.05) is 26.3 Å². The van der Waals surface area contributed by atoms with Crippen molar-refractivity contribution in [1.29, 1.82) is 0 Å². The van der Waals surface area contributed by atoms with Crippen LogP contribution in [-0.4, -0.2) is 48.4 Å². The molecule has 1 aromatic carbocycles. The Hall–Kier alpha value is -1.73. The second-order valence-corrected chi connectivity index (χ2v) is 6.42. The summed E-state index contributed by atoms with van der Waals surface area (Å²) in [5.74, 6) is -1.55. The van der Waals surface area contributed by atoms with Crippen LogP contribution < -0.4 is 5.32 Å². The van der Waals surface area contributed by atoms with E-state index >= 15 is 0 Å². The van der Waals surface area contributed by atoms with Crippen LogP contribution in [0.4, 0.5) is 13.6 Å². The van der Waals surface area contributed by atoms with Crippen molar-refractivity contribution in [3.05, 3.63) is 35.4 Å². The van der Waals surface area contributed by atoms with E-state index in [0.29, 0.717) is 31.7 Å². The molecule has 2 fully saturated rings. The first kappa shape index (κ1) is 17.1. The molecule has 2 aliphatic rings. The maximum Gasteiger partial charge on any atom is 0.317 e. The molecule has 2 aliphatic heterocycles. The normalized spacial score (nSPS) is 25.0. The van der Waals surface area contributed by atoms with Crippen molar-refractivity contribution in [2.24, 2.45) is 5.92 Å². The first-order valence-electron chi connectivity index (χ1n) is 8.31. The Balaban J connectivity index is 1.61. The number of urea groups is 1. The molecule has 0 spiro atoms. The first-order chi connectivity index (χ1) is 11.6. The number of halogens is 2. The fourth-order valence-corrected chi connectivity index (χ4v) is 3.32. The summed E-state index contributed by atoms with van der Waals surface area (Å²) in [4.78, 5) is 14.1. The van der Waals surface area contributed by atoms with Gasteiger partial charge in [0.15, 0.2) is 11.6 Å². The number of nitrogens with one attached hydrogen (secondary N) is 1. The van der Waals surface area contributed by atoms with Crippen molar-refractivity contribution < 1.29 is 23.4 Å². The van der Waals surface area contributed by atoms with E-state index in [2.05, 4.69) is 5.32 Å². The summed E-state index contributed by atoms with van der Waals surface area (Å²) in [7, 11) is 0. The molecule has 2 unspecified atom stereocenters. The zero-order chi connectivity index (χ0) is 17.1. The van der Waals surface area contributed by atoms with Gasteiger partial charge in [-0.3, -0.25) is 0 Å². The predicted octanol–water partition coefficient (Wildman–Crippen LogP) is 2.21. The molecule has 1 aromatic rings. The van der Waals surface area contributed by atoms with Crippen LogP contribution in [0.25, 0.3) is 0 Å². The summed E-state index contributed by atoms with van der Waals surface area (Å²) < 4.78 is 32.1. The van der Waals surface area contributed by atoms with Crippen LogP contribution in [-0.2, 0) is 4.74 Å². The van der Waals surface area contributed by atoms with Crippen molar-refractivity contribution in [2.45, 2.75) is 31.4 Å². The van der Waals surface area contributed by atoms with Gasteiger partial charge in [0.1, 0.15) is 6.10 Å². The van der Waals surface area contributed by atoms with Gasteiger partial charge in [0.25, 0.3) is 0 Å². The SMILES string of the molecule is O=C(NC1CCOC1c1ccc(F)c(F)c1)N1CCC(CO)CC1. The highest BCUT2D eigenvalue weighted by molar-refractivity contribution is 5.74. The Morgan fingerprint density at radius 1 is 1.25 bits per heavy atom. The molecular weight excluding hydrogens is 318 g/mol. The highest BCUT2D eigenvalue weighted by Gasteiger charge is 2.33. The number of carbonyl (C=O) groups is 1. The summed E-state index contributed by atoms with van der Waals surface area (Å²) in [5.41, 5.74) is 0.524. The Morgan fingerprint density at radius 2 is 2.00 bits per heavy atom. The molecule has 2 amide bonds. The molecule has 7 heteroatoms. The third kappa shape index (κ3) is 3.67. The number of aliphatic hydroxyl groups is 1. The molecule has 2 atom stereocenters. The average molecular weight is 340 g/mol. The Labute approximate surface area is 139 Å². The Kier molecular flexibility index (Phi) is 5.30. The van der Waals surface area contributed by atoms with Crippen molar-refractivity contribution >= 4 is 6.03 Å². The molecule has 132 valence electrons. The van der Waals surface area contributed by atoms with E-state index in [1.54, 1.807) is 4.90 Å². The van der Waals surface area contributed by atoms with Gasteiger partial charge >= 0.3 is 6.03 Å². The molecule has 2 heterocycles. The predicted molar refractivity (Wildman–Crippen MR) is 83.4 cm³/mol. The minimum Gasteiger partial charge on any atom is -0.396 e. The molecule has 2 N–H and O–H groups in total. The lowest BCUT2D eigenvalue weighted by molar-refractivity contribution is 0.0952. The van der Waals surface area contributed by atoms with Gasteiger partial charge in [-0.2, -0.15) is 0 Å². The van der Waals surface area contributed by atoms with Crippen LogP contribution in [0.3, 0.4) is 0 Å². The molecule has 2 saturated heterocycles. The van der Waals surface area contributed by atoms with Crippen LogP contribution in [0.15, 0.2) is 18.2 Å². The average Bonchev–Trinajstić information content (AvgIpc) is 3.05. The van der Waals surface area contributed by atoms with Gasteiger partial charge in [-0.15, -0.1) is 0 Å². The lowest BCUT2D eigenvalue weighted by Crippen LogP contribution is -2.48. The Morgan fingerprint density at radius 3 is 2.67 bits per heavy atom. The van der Waals surface area contributed by atoms with Crippen molar-refractivity contribution in [3.63, 3.8) is 0 Å². The van der Waals surface area contributed by atoms with Gasteiger partial charge in [0, 0.05) is 26.3 Å². The number of benzene rings is 1. The molecule has 3 rings (SSSR count). The standard InChI is InChI=1S/C17H22F2N2O3/c18-13-2-1-12(9-14(13)19)16-15(5-8-24-16)20-17(23)21-6-3-11(10-22)4-7-21/h1-2,9,11,15-16,22H,3-8,10H2,(H,20,23).